The summed E-state index contributed by atoms with van der Waals surface area (Å²) in [7, 11) is 0. The largest absolute Gasteiger partial charge is 0.299 e. The van der Waals surface area contributed by atoms with Gasteiger partial charge in [-0.15, -0.1) is 0 Å². The number of likely N-dealkylation sites (tertiary alicyclic amines) is 1. The average molecular weight is 252 g/mol. The predicted molar refractivity (Wildman–Crippen MR) is 70.3 cm³/mol. The zero-order valence-electron chi connectivity index (χ0n) is 10.2. The van der Waals surface area contributed by atoms with Gasteiger partial charge in [-0.3, -0.25) is 9.69 Å². The zero-order valence-corrected chi connectivity index (χ0v) is 10.9. The highest BCUT2D eigenvalue weighted by molar-refractivity contribution is 6.67. The lowest BCUT2D eigenvalue weighted by Crippen LogP contribution is -2.33. The summed E-state index contributed by atoms with van der Waals surface area (Å²) in [6.07, 6.45) is 2.63. The van der Waals surface area contributed by atoms with Crippen molar-refractivity contribution in [2.24, 2.45) is 5.92 Å². The van der Waals surface area contributed by atoms with Crippen LogP contribution in [0.25, 0.3) is 0 Å². The standard InChI is InChI=1S/C14H18ClNO/c1-11-3-2-8-16(9-11)10-12-4-6-13(7-5-12)14(15)17/h4-7,11H,2-3,8-10H2,1H3. The summed E-state index contributed by atoms with van der Waals surface area (Å²) in [6.45, 7) is 5.64. The van der Waals surface area contributed by atoms with Crippen LogP contribution in [-0.2, 0) is 6.54 Å². The lowest BCUT2D eigenvalue weighted by molar-refractivity contribution is 0.108. The van der Waals surface area contributed by atoms with E-state index in [0.717, 1.165) is 12.5 Å². The van der Waals surface area contributed by atoms with Crippen LogP contribution in [0.5, 0.6) is 0 Å². The van der Waals surface area contributed by atoms with Crippen molar-refractivity contribution in [1.29, 1.82) is 0 Å². The number of piperidine rings is 1. The molecule has 2 rings (SSSR count). The molecule has 0 saturated carbocycles. The van der Waals surface area contributed by atoms with Crippen LogP contribution in [0.3, 0.4) is 0 Å². The maximum atomic E-state index is 10.9. The fourth-order valence-electron chi connectivity index (χ4n) is 2.43. The Labute approximate surface area is 108 Å². The third-order valence-electron chi connectivity index (χ3n) is 3.33. The van der Waals surface area contributed by atoms with E-state index in [9.17, 15) is 4.79 Å². The Morgan fingerprint density at radius 1 is 1.41 bits per heavy atom. The summed E-state index contributed by atoms with van der Waals surface area (Å²) in [4.78, 5) is 13.4. The van der Waals surface area contributed by atoms with Crippen molar-refractivity contribution in [3.05, 3.63) is 35.4 Å². The average Bonchev–Trinajstić information content (AvgIpc) is 2.29. The van der Waals surface area contributed by atoms with Crippen molar-refractivity contribution in [1.82, 2.24) is 4.90 Å². The van der Waals surface area contributed by atoms with Gasteiger partial charge in [0, 0.05) is 18.7 Å². The van der Waals surface area contributed by atoms with Crippen LogP contribution in [0.4, 0.5) is 0 Å². The van der Waals surface area contributed by atoms with Gasteiger partial charge in [0.15, 0.2) is 0 Å². The van der Waals surface area contributed by atoms with Gasteiger partial charge in [-0.1, -0.05) is 19.1 Å². The molecular formula is C14H18ClNO. The molecule has 0 radical (unpaired) electrons. The fourth-order valence-corrected chi connectivity index (χ4v) is 2.56. The van der Waals surface area contributed by atoms with Crippen LogP contribution < -0.4 is 0 Å². The van der Waals surface area contributed by atoms with E-state index in [-0.39, 0.29) is 5.24 Å². The maximum Gasteiger partial charge on any atom is 0.252 e. The van der Waals surface area contributed by atoms with Crippen LogP contribution in [0.15, 0.2) is 24.3 Å². The minimum Gasteiger partial charge on any atom is -0.299 e. The molecule has 3 heteroatoms. The Morgan fingerprint density at radius 2 is 2.12 bits per heavy atom. The van der Waals surface area contributed by atoms with Crippen molar-refractivity contribution in [2.75, 3.05) is 13.1 Å². The lowest BCUT2D eigenvalue weighted by atomic mass is 10.00. The number of rotatable bonds is 3. The fraction of sp³-hybridized carbons (Fsp3) is 0.500. The summed E-state index contributed by atoms with van der Waals surface area (Å²) in [5.74, 6) is 0.799. The Hall–Kier alpha value is -0.860. The van der Waals surface area contributed by atoms with Gasteiger partial charge >= 0.3 is 0 Å². The first-order valence-corrected chi connectivity index (χ1v) is 6.54. The minimum atomic E-state index is -0.386. The molecule has 1 atom stereocenters. The van der Waals surface area contributed by atoms with E-state index in [0.29, 0.717) is 5.56 Å². The van der Waals surface area contributed by atoms with Crippen molar-refractivity contribution in [2.45, 2.75) is 26.3 Å². The SMILES string of the molecule is CC1CCCN(Cc2ccc(C(=O)Cl)cc2)C1. The molecule has 1 aromatic carbocycles. The molecule has 0 aliphatic carbocycles. The van der Waals surface area contributed by atoms with E-state index >= 15 is 0 Å². The van der Waals surface area contributed by atoms with E-state index in [4.69, 9.17) is 11.6 Å². The number of carbonyl (C=O) groups excluding carboxylic acids is 1. The monoisotopic (exact) mass is 251 g/mol. The third-order valence-corrected chi connectivity index (χ3v) is 3.55. The number of benzene rings is 1. The van der Waals surface area contributed by atoms with E-state index in [1.54, 1.807) is 12.1 Å². The molecule has 0 spiro atoms. The molecule has 92 valence electrons. The van der Waals surface area contributed by atoms with Crippen LogP contribution in [0.1, 0.15) is 35.7 Å². The van der Waals surface area contributed by atoms with Crippen LogP contribution in [0.2, 0.25) is 0 Å². The van der Waals surface area contributed by atoms with Gasteiger partial charge in [-0.25, -0.2) is 0 Å². The zero-order chi connectivity index (χ0) is 12.3. The van der Waals surface area contributed by atoms with Crippen molar-refractivity contribution in [3.8, 4) is 0 Å². The van der Waals surface area contributed by atoms with Gasteiger partial charge in [-0.2, -0.15) is 0 Å². The first kappa shape index (κ1) is 12.6. The molecule has 1 fully saturated rings. The van der Waals surface area contributed by atoms with Gasteiger partial charge < -0.3 is 0 Å². The second-order valence-corrected chi connectivity index (χ2v) is 5.30. The van der Waals surface area contributed by atoms with E-state index in [1.807, 2.05) is 12.1 Å². The van der Waals surface area contributed by atoms with Gasteiger partial charge in [-0.05, 0) is 54.6 Å². The summed E-state index contributed by atoms with van der Waals surface area (Å²) < 4.78 is 0. The summed E-state index contributed by atoms with van der Waals surface area (Å²) in [6, 6.07) is 7.60. The van der Waals surface area contributed by atoms with Crippen molar-refractivity contribution >= 4 is 16.8 Å². The highest BCUT2D eigenvalue weighted by Crippen LogP contribution is 2.18. The highest BCUT2D eigenvalue weighted by atomic mass is 35.5. The summed E-state index contributed by atoms with van der Waals surface area (Å²) >= 11 is 5.42. The number of nitrogens with zero attached hydrogens (tertiary/aromatic N) is 1. The Morgan fingerprint density at radius 3 is 2.71 bits per heavy atom. The van der Waals surface area contributed by atoms with E-state index in [1.165, 1.54) is 31.5 Å². The summed E-state index contributed by atoms with van der Waals surface area (Å²) in [5.41, 5.74) is 1.82. The predicted octanol–water partition coefficient (Wildman–Crippen LogP) is 3.30. The first-order chi connectivity index (χ1) is 8.15. The maximum absolute atomic E-state index is 10.9. The van der Waals surface area contributed by atoms with E-state index < -0.39 is 0 Å². The molecule has 0 aromatic heterocycles. The van der Waals surface area contributed by atoms with E-state index in [2.05, 4.69) is 11.8 Å². The van der Waals surface area contributed by atoms with Gasteiger partial charge in [0.25, 0.3) is 5.24 Å². The molecule has 1 heterocycles. The molecular weight excluding hydrogens is 234 g/mol. The molecule has 1 saturated heterocycles. The van der Waals surface area contributed by atoms with Gasteiger partial charge in [0.2, 0.25) is 0 Å². The van der Waals surface area contributed by atoms with Crippen molar-refractivity contribution < 1.29 is 4.79 Å². The molecule has 1 aromatic rings. The molecule has 1 unspecified atom stereocenters. The number of hydrogen-bond donors (Lipinski definition) is 0. The lowest BCUT2D eigenvalue weighted by Gasteiger charge is -2.30. The summed E-state index contributed by atoms with van der Waals surface area (Å²) in [5, 5.41) is -0.386. The highest BCUT2D eigenvalue weighted by Gasteiger charge is 2.16. The van der Waals surface area contributed by atoms with Crippen LogP contribution in [-0.4, -0.2) is 23.2 Å². The third kappa shape index (κ3) is 3.55. The Bertz CT molecular complexity index is 388. The molecule has 1 aliphatic heterocycles. The second-order valence-electron chi connectivity index (χ2n) is 4.95. The number of hydrogen-bond acceptors (Lipinski definition) is 2. The minimum absolute atomic E-state index is 0.386. The molecule has 2 nitrogen and oxygen atoms in total. The van der Waals surface area contributed by atoms with Gasteiger partial charge in [0.1, 0.15) is 0 Å². The van der Waals surface area contributed by atoms with Crippen LogP contribution in [0, 0.1) is 5.92 Å². The molecule has 0 N–H and O–H groups in total. The Kier molecular flexibility index (Phi) is 4.19. The molecule has 0 bridgehead atoms. The van der Waals surface area contributed by atoms with Gasteiger partial charge in [0.05, 0.1) is 0 Å². The molecule has 17 heavy (non-hydrogen) atoms. The first-order valence-electron chi connectivity index (χ1n) is 6.16. The normalized spacial score (nSPS) is 21.4. The van der Waals surface area contributed by atoms with Crippen molar-refractivity contribution in [3.63, 3.8) is 0 Å². The molecule has 0 amide bonds. The topological polar surface area (TPSA) is 20.3 Å². The number of carbonyl (C=O) groups is 1. The Balaban J connectivity index is 1.96. The van der Waals surface area contributed by atoms with Crippen LogP contribution >= 0.6 is 11.6 Å². The number of halogens is 1. The smallest absolute Gasteiger partial charge is 0.252 e. The quantitative estimate of drug-likeness (QED) is 0.769. The second kappa shape index (κ2) is 5.65. The molecule has 1 aliphatic rings.